The molecule has 1 unspecified atom stereocenters. The van der Waals surface area contributed by atoms with E-state index in [9.17, 15) is 18.0 Å². The van der Waals surface area contributed by atoms with Crippen molar-refractivity contribution in [2.45, 2.75) is 75.9 Å². The molecule has 0 aromatic heterocycles. The molecule has 1 aliphatic carbocycles. The third-order valence-corrected chi connectivity index (χ3v) is 10.1. The highest BCUT2D eigenvalue weighted by molar-refractivity contribution is 7.92. The minimum Gasteiger partial charge on any atom is -0.494 e. The lowest BCUT2D eigenvalue weighted by molar-refractivity contribution is -0.140. The van der Waals surface area contributed by atoms with Crippen molar-refractivity contribution in [1.82, 2.24) is 10.2 Å². The average Bonchev–Trinajstić information content (AvgIpc) is 3.02. The molecule has 0 aliphatic heterocycles. The zero-order valence-electron chi connectivity index (χ0n) is 25.0. The Kier molecular flexibility index (Phi) is 11.9. The summed E-state index contributed by atoms with van der Waals surface area (Å²) in [6.45, 7) is 3.60. The van der Waals surface area contributed by atoms with Crippen molar-refractivity contribution in [1.29, 1.82) is 0 Å². The Hall–Kier alpha value is -3.27. The molecule has 1 saturated carbocycles. The number of nitrogens with zero attached hydrogens (tertiary/aromatic N) is 2. The smallest absolute Gasteiger partial charge is 0.264 e. The van der Waals surface area contributed by atoms with Gasteiger partial charge in [-0.2, -0.15) is 0 Å². The van der Waals surface area contributed by atoms with E-state index in [1.54, 1.807) is 60.7 Å². The van der Waals surface area contributed by atoms with Crippen LogP contribution < -0.4 is 14.4 Å². The summed E-state index contributed by atoms with van der Waals surface area (Å²) in [5.41, 5.74) is 0.877. The molecule has 3 aromatic rings. The minimum absolute atomic E-state index is 0.00602. The fourth-order valence-electron chi connectivity index (χ4n) is 5.42. The molecule has 2 amide bonds. The van der Waals surface area contributed by atoms with Gasteiger partial charge in [-0.1, -0.05) is 73.7 Å². The number of hydrogen-bond acceptors (Lipinski definition) is 5. The van der Waals surface area contributed by atoms with Crippen molar-refractivity contribution in [2.24, 2.45) is 0 Å². The van der Waals surface area contributed by atoms with Crippen LogP contribution in [0.3, 0.4) is 0 Å². The summed E-state index contributed by atoms with van der Waals surface area (Å²) in [5, 5.41) is 3.93. The predicted octanol–water partition coefficient (Wildman–Crippen LogP) is 6.84. The van der Waals surface area contributed by atoms with Crippen LogP contribution in [0.1, 0.15) is 57.9 Å². The van der Waals surface area contributed by atoms with E-state index in [0.29, 0.717) is 34.4 Å². The van der Waals surface area contributed by atoms with Crippen LogP contribution in [0, 0.1) is 0 Å². The SMILES string of the molecule is CCOc1ccc(N(CC(=O)N(Cc2ccc(Cl)cc2Cl)C(CC)C(=O)NC2CCCCC2)S(=O)(=O)c2ccccc2)cc1. The molecule has 44 heavy (non-hydrogen) atoms. The Morgan fingerprint density at radius 3 is 2.25 bits per heavy atom. The van der Waals surface area contributed by atoms with Gasteiger partial charge in [-0.3, -0.25) is 13.9 Å². The fraction of sp³-hybridized carbons (Fsp3) is 0.394. The van der Waals surface area contributed by atoms with Gasteiger partial charge >= 0.3 is 0 Å². The van der Waals surface area contributed by atoms with Crippen LogP contribution in [0.2, 0.25) is 10.0 Å². The molecule has 1 fully saturated rings. The van der Waals surface area contributed by atoms with Gasteiger partial charge in [0, 0.05) is 22.6 Å². The maximum absolute atomic E-state index is 14.3. The second-order valence-electron chi connectivity index (χ2n) is 10.8. The summed E-state index contributed by atoms with van der Waals surface area (Å²) in [5.74, 6) is -0.240. The molecular formula is C33H39Cl2N3O5S. The lowest BCUT2D eigenvalue weighted by Crippen LogP contribution is -2.54. The Bertz CT molecular complexity index is 1510. The van der Waals surface area contributed by atoms with Gasteiger partial charge in [0.25, 0.3) is 10.0 Å². The molecule has 236 valence electrons. The molecule has 0 saturated heterocycles. The van der Waals surface area contributed by atoms with Crippen LogP contribution in [0.25, 0.3) is 0 Å². The molecule has 0 radical (unpaired) electrons. The first-order valence-corrected chi connectivity index (χ1v) is 17.2. The molecule has 11 heteroatoms. The summed E-state index contributed by atoms with van der Waals surface area (Å²) in [4.78, 5) is 29.4. The van der Waals surface area contributed by atoms with Gasteiger partial charge in [0.2, 0.25) is 11.8 Å². The lowest BCUT2D eigenvalue weighted by Gasteiger charge is -2.34. The van der Waals surface area contributed by atoms with Crippen molar-refractivity contribution >= 4 is 50.7 Å². The highest BCUT2D eigenvalue weighted by Crippen LogP contribution is 2.28. The molecule has 0 bridgehead atoms. The van der Waals surface area contributed by atoms with E-state index in [1.165, 1.54) is 17.0 Å². The summed E-state index contributed by atoms with van der Waals surface area (Å²) < 4.78 is 34.6. The number of sulfonamides is 1. The quantitative estimate of drug-likeness (QED) is 0.217. The highest BCUT2D eigenvalue weighted by Gasteiger charge is 2.34. The summed E-state index contributed by atoms with van der Waals surface area (Å²) >= 11 is 12.6. The van der Waals surface area contributed by atoms with E-state index >= 15 is 0 Å². The number of anilines is 1. The van der Waals surface area contributed by atoms with Crippen LogP contribution in [0.5, 0.6) is 5.75 Å². The van der Waals surface area contributed by atoms with Crippen LogP contribution in [-0.2, 0) is 26.2 Å². The zero-order valence-corrected chi connectivity index (χ0v) is 27.4. The predicted molar refractivity (Wildman–Crippen MR) is 175 cm³/mol. The third kappa shape index (κ3) is 8.46. The molecule has 0 spiro atoms. The number of benzene rings is 3. The molecule has 1 atom stereocenters. The van der Waals surface area contributed by atoms with Gasteiger partial charge in [-0.05, 0) is 80.3 Å². The fourth-order valence-corrected chi connectivity index (χ4v) is 7.32. The van der Waals surface area contributed by atoms with Gasteiger partial charge in [-0.15, -0.1) is 0 Å². The summed E-state index contributed by atoms with van der Waals surface area (Å²) in [7, 11) is -4.17. The number of amides is 2. The average molecular weight is 661 g/mol. The van der Waals surface area contributed by atoms with Crippen molar-refractivity contribution in [2.75, 3.05) is 17.5 Å². The van der Waals surface area contributed by atoms with Crippen LogP contribution in [0.15, 0.2) is 77.7 Å². The van der Waals surface area contributed by atoms with Crippen molar-refractivity contribution in [3.05, 3.63) is 88.4 Å². The summed E-state index contributed by atoms with van der Waals surface area (Å²) in [6.07, 6.45) is 5.32. The number of carbonyl (C=O) groups is 2. The Morgan fingerprint density at radius 2 is 1.64 bits per heavy atom. The van der Waals surface area contributed by atoms with Crippen molar-refractivity contribution < 1.29 is 22.7 Å². The normalized spacial score (nSPS) is 14.5. The Morgan fingerprint density at radius 1 is 0.955 bits per heavy atom. The van der Waals surface area contributed by atoms with E-state index in [1.807, 2.05) is 13.8 Å². The van der Waals surface area contributed by atoms with E-state index in [0.717, 1.165) is 36.4 Å². The Labute approximate surface area is 270 Å². The van der Waals surface area contributed by atoms with E-state index in [4.69, 9.17) is 27.9 Å². The van der Waals surface area contributed by atoms with Crippen molar-refractivity contribution in [3.8, 4) is 5.75 Å². The first-order valence-electron chi connectivity index (χ1n) is 15.0. The zero-order chi connectivity index (χ0) is 31.7. The number of carbonyl (C=O) groups excluding carboxylic acids is 2. The maximum Gasteiger partial charge on any atom is 0.264 e. The number of halogens is 2. The molecule has 8 nitrogen and oxygen atoms in total. The monoisotopic (exact) mass is 659 g/mol. The first-order chi connectivity index (χ1) is 21.1. The Balaban J connectivity index is 1.72. The van der Waals surface area contributed by atoms with Gasteiger partial charge < -0.3 is 15.0 Å². The maximum atomic E-state index is 14.3. The van der Waals surface area contributed by atoms with Gasteiger partial charge in [0.1, 0.15) is 18.3 Å². The number of hydrogen-bond donors (Lipinski definition) is 1. The van der Waals surface area contributed by atoms with Crippen LogP contribution in [0.4, 0.5) is 5.69 Å². The molecular weight excluding hydrogens is 621 g/mol. The van der Waals surface area contributed by atoms with Gasteiger partial charge in [-0.25, -0.2) is 8.42 Å². The van der Waals surface area contributed by atoms with E-state index in [-0.39, 0.29) is 29.1 Å². The topological polar surface area (TPSA) is 96.0 Å². The van der Waals surface area contributed by atoms with E-state index < -0.39 is 28.5 Å². The molecule has 1 N–H and O–H groups in total. The second kappa shape index (κ2) is 15.6. The molecule has 0 heterocycles. The lowest BCUT2D eigenvalue weighted by atomic mass is 9.95. The van der Waals surface area contributed by atoms with E-state index in [2.05, 4.69) is 5.32 Å². The summed E-state index contributed by atoms with van der Waals surface area (Å²) in [6, 6.07) is 18.6. The molecule has 3 aromatic carbocycles. The van der Waals surface area contributed by atoms with Crippen LogP contribution >= 0.6 is 23.2 Å². The number of ether oxygens (including phenoxy) is 1. The number of rotatable bonds is 13. The molecule has 1 aliphatic rings. The van der Waals surface area contributed by atoms with Crippen molar-refractivity contribution in [3.63, 3.8) is 0 Å². The largest absolute Gasteiger partial charge is 0.494 e. The minimum atomic E-state index is -4.17. The van der Waals surface area contributed by atoms with Crippen LogP contribution in [-0.4, -0.2) is 50.4 Å². The standard InChI is InChI=1S/C33H39Cl2N3O5S/c1-3-31(33(40)36-26-11-7-5-8-12-26)37(22-24-15-16-25(34)21-30(24)35)32(39)23-38(27-17-19-28(20-18-27)43-4-2)44(41,42)29-13-9-6-10-14-29/h6,9-10,13-21,26,31H,3-5,7-8,11-12,22-23H2,1-2H3,(H,36,40). The first kappa shape index (κ1) is 33.6. The van der Waals surface area contributed by atoms with Gasteiger partial charge in [0.05, 0.1) is 17.2 Å². The molecule has 4 rings (SSSR count). The van der Waals surface area contributed by atoms with Gasteiger partial charge in [0.15, 0.2) is 0 Å². The second-order valence-corrected chi connectivity index (χ2v) is 13.5. The number of nitrogens with one attached hydrogen (secondary N) is 1. The highest BCUT2D eigenvalue weighted by atomic mass is 35.5. The third-order valence-electron chi connectivity index (χ3n) is 7.74.